The summed E-state index contributed by atoms with van der Waals surface area (Å²) >= 11 is 1.97. The van der Waals surface area contributed by atoms with E-state index >= 15 is 0 Å². The van der Waals surface area contributed by atoms with E-state index in [2.05, 4.69) is 37.1 Å². The van der Waals surface area contributed by atoms with Crippen molar-refractivity contribution < 1.29 is 0 Å². The summed E-state index contributed by atoms with van der Waals surface area (Å²) in [7, 11) is 0. The molecule has 1 aliphatic rings. The summed E-state index contributed by atoms with van der Waals surface area (Å²) in [6, 6.07) is 2.42. The van der Waals surface area contributed by atoms with Crippen LogP contribution in [0.5, 0.6) is 0 Å². The molecule has 0 aromatic carbocycles. The zero-order valence-corrected chi connectivity index (χ0v) is 13.5. The van der Waals surface area contributed by atoms with Gasteiger partial charge in [0.25, 0.3) is 0 Å². The van der Waals surface area contributed by atoms with Gasteiger partial charge < -0.3 is 5.32 Å². The zero-order chi connectivity index (χ0) is 13.7. The number of thiophene rings is 1. The summed E-state index contributed by atoms with van der Waals surface area (Å²) in [6.07, 6.45) is 4.18. The molecule has 19 heavy (non-hydrogen) atoms. The van der Waals surface area contributed by atoms with Gasteiger partial charge in [-0.25, -0.2) is 0 Å². The maximum Gasteiger partial charge on any atom is 0.0300 e. The lowest BCUT2D eigenvalue weighted by atomic mass is 10.1. The second-order valence-electron chi connectivity index (χ2n) is 6.16. The Hall–Kier alpha value is -0.380. The minimum absolute atomic E-state index is 0.730. The highest BCUT2D eigenvalue weighted by Crippen LogP contribution is 2.24. The van der Waals surface area contributed by atoms with Crippen LogP contribution in [-0.2, 0) is 13.1 Å². The Morgan fingerprint density at radius 3 is 2.68 bits per heavy atom. The monoisotopic (exact) mass is 280 g/mol. The van der Waals surface area contributed by atoms with E-state index < -0.39 is 0 Å². The van der Waals surface area contributed by atoms with Gasteiger partial charge in [0.15, 0.2) is 0 Å². The van der Waals surface area contributed by atoms with Gasteiger partial charge in [0.1, 0.15) is 0 Å². The maximum atomic E-state index is 3.54. The molecular weight excluding hydrogens is 252 g/mol. The van der Waals surface area contributed by atoms with Crippen molar-refractivity contribution in [2.24, 2.45) is 5.92 Å². The molecule has 3 heteroatoms. The number of piperidine rings is 1. The number of likely N-dealkylation sites (tertiary alicyclic amines) is 1. The van der Waals surface area contributed by atoms with Crippen LogP contribution in [0.25, 0.3) is 0 Å². The third-order valence-electron chi connectivity index (χ3n) is 3.77. The number of hydrogen-bond acceptors (Lipinski definition) is 3. The summed E-state index contributed by atoms with van der Waals surface area (Å²) in [5.74, 6) is 0.730. The van der Waals surface area contributed by atoms with E-state index in [9.17, 15) is 0 Å². The highest BCUT2D eigenvalue weighted by atomic mass is 32.1. The molecule has 0 amide bonds. The molecule has 2 heterocycles. The van der Waals surface area contributed by atoms with Crippen LogP contribution in [0.1, 0.15) is 48.4 Å². The third kappa shape index (κ3) is 4.90. The Morgan fingerprint density at radius 1 is 1.26 bits per heavy atom. The van der Waals surface area contributed by atoms with Crippen LogP contribution in [-0.4, -0.2) is 24.5 Å². The van der Waals surface area contributed by atoms with Crippen LogP contribution in [0, 0.1) is 12.8 Å². The van der Waals surface area contributed by atoms with Gasteiger partial charge in [0.2, 0.25) is 0 Å². The normalized spacial score (nSPS) is 17.3. The fraction of sp³-hybridized carbons (Fsp3) is 0.750. The van der Waals surface area contributed by atoms with Crippen molar-refractivity contribution in [1.29, 1.82) is 0 Å². The van der Waals surface area contributed by atoms with Crippen molar-refractivity contribution in [2.75, 3.05) is 19.6 Å². The summed E-state index contributed by atoms with van der Waals surface area (Å²) in [5, 5.41) is 3.54. The second kappa shape index (κ2) is 7.41. The van der Waals surface area contributed by atoms with E-state index in [1.54, 1.807) is 5.56 Å². The number of rotatable bonds is 6. The molecule has 0 aliphatic carbocycles. The fourth-order valence-electron chi connectivity index (χ4n) is 2.67. The molecular formula is C16H28N2S. The first-order chi connectivity index (χ1) is 9.15. The van der Waals surface area contributed by atoms with Crippen molar-refractivity contribution in [3.8, 4) is 0 Å². The van der Waals surface area contributed by atoms with Gasteiger partial charge >= 0.3 is 0 Å². The van der Waals surface area contributed by atoms with Crippen LogP contribution in [0.3, 0.4) is 0 Å². The molecule has 0 bridgehead atoms. The fourth-order valence-corrected chi connectivity index (χ4v) is 3.70. The standard InChI is InChI=1S/C16H28N2S/c1-13(2)10-17-11-16-9-15(14(3)19-16)12-18-7-5-4-6-8-18/h9,13,17H,4-8,10-12H2,1-3H3. The molecule has 2 nitrogen and oxygen atoms in total. The van der Waals surface area contributed by atoms with E-state index in [4.69, 9.17) is 0 Å². The average Bonchev–Trinajstić information content (AvgIpc) is 2.71. The molecule has 1 N–H and O–H groups in total. The number of nitrogens with zero attached hydrogens (tertiary/aromatic N) is 1. The predicted molar refractivity (Wildman–Crippen MR) is 84.7 cm³/mol. The van der Waals surface area contributed by atoms with Crippen LogP contribution < -0.4 is 5.32 Å². The Kier molecular flexibility index (Phi) is 5.86. The van der Waals surface area contributed by atoms with Gasteiger partial charge in [0, 0.05) is 22.8 Å². The van der Waals surface area contributed by atoms with Gasteiger partial charge in [-0.3, -0.25) is 4.90 Å². The molecule has 108 valence electrons. The summed E-state index contributed by atoms with van der Waals surface area (Å²) in [5.41, 5.74) is 1.55. The first kappa shape index (κ1) is 15.0. The molecule has 1 aromatic heterocycles. The Bertz CT molecular complexity index is 378. The van der Waals surface area contributed by atoms with Crippen molar-refractivity contribution >= 4 is 11.3 Å². The topological polar surface area (TPSA) is 15.3 Å². The summed E-state index contributed by atoms with van der Waals surface area (Å²) in [4.78, 5) is 5.61. The van der Waals surface area contributed by atoms with Crippen molar-refractivity contribution in [3.05, 3.63) is 21.4 Å². The Morgan fingerprint density at radius 2 is 2.00 bits per heavy atom. The highest BCUT2D eigenvalue weighted by Gasteiger charge is 2.13. The molecule has 1 saturated heterocycles. The molecule has 0 saturated carbocycles. The summed E-state index contributed by atoms with van der Waals surface area (Å²) in [6.45, 7) is 12.7. The van der Waals surface area contributed by atoms with Crippen LogP contribution in [0.4, 0.5) is 0 Å². The summed E-state index contributed by atoms with van der Waals surface area (Å²) < 4.78 is 0. The second-order valence-corrected chi connectivity index (χ2v) is 7.50. The molecule has 0 radical (unpaired) electrons. The van der Waals surface area contributed by atoms with Gasteiger partial charge in [-0.1, -0.05) is 20.3 Å². The van der Waals surface area contributed by atoms with E-state index in [0.29, 0.717) is 0 Å². The first-order valence-electron chi connectivity index (χ1n) is 7.66. The molecule has 1 fully saturated rings. The smallest absolute Gasteiger partial charge is 0.0300 e. The van der Waals surface area contributed by atoms with E-state index in [0.717, 1.165) is 25.6 Å². The quantitative estimate of drug-likeness (QED) is 0.853. The van der Waals surface area contributed by atoms with Crippen LogP contribution in [0.15, 0.2) is 6.07 Å². The van der Waals surface area contributed by atoms with Crippen molar-refractivity contribution in [3.63, 3.8) is 0 Å². The van der Waals surface area contributed by atoms with Crippen LogP contribution in [0.2, 0.25) is 0 Å². The van der Waals surface area contributed by atoms with E-state index in [1.807, 2.05) is 11.3 Å². The SMILES string of the molecule is Cc1sc(CNCC(C)C)cc1CN1CCCCC1. The third-order valence-corrected chi connectivity index (χ3v) is 4.86. The van der Waals surface area contributed by atoms with Gasteiger partial charge in [-0.15, -0.1) is 11.3 Å². The van der Waals surface area contributed by atoms with E-state index in [1.165, 1.54) is 42.1 Å². The van der Waals surface area contributed by atoms with Gasteiger partial charge in [0.05, 0.1) is 0 Å². The zero-order valence-electron chi connectivity index (χ0n) is 12.7. The molecule has 1 aliphatic heterocycles. The van der Waals surface area contributed by atoms with E-state index in [-0.39, 0.29) is 0 Å². The Labute approximate surface area is 122 Å². The molecule has 0 spiro atoms. The Balaban J connectivity index is 1.85. The molecule has 0 atom stereocenters. The minimum atomic E-state index is 0.730. The molecule has 1 aromatic rings. The lowest BCUT2D eigenvalue weighted by Gasteiger charge is -2.26. The van der Waals surface area contributed by atoms with Crippen molar-refractivity contribution in [1.82, 2.24) is 10.2 Å². The van der Waals surface area contributed by atoms with Crippen LogP contribution >= 0.6 is 11.3 Å². The predicted octanol–water partition coefficient (Wildman–Crippen LogP) is 3.79. The number of nitrogens with one attached hydrogen (secondary N) is 1. The maximum absolute atomic E-state index is 3.54. The largest absolute Gasteiger partial charge is 0.312 e. The first-order valence-corrected chi connectivity index (χ1v) is 8.48. The highest BCUT2D eigenvalue weighted by molar-refractivity contribution is 7.12. The van der Waals surface area contributed by atoms with Crippen molar-refractivity contribution in [2.45, 2.75) is 53.1 Å². The lowest BCUT2D eigenvalue weighted by molar-refractivity contribution is 0.221. The number of aryl methyl sites for hydroxylation is 1. The average molecular weight is 280 g/mol. The minimum Gasteiger partial charge on any atom is -0.312 e. The van der Waals surface area contributed by atoms with Gasteiger partial charge in [-0.2, -0.15) is 0 Å². The molecule has 2 rings (SSSR count). The lowest BCUT2D eigenvalue weighted by Crippen LogP contribution is -2.29. The molecule has 0 unspecified atom stereocenters. The number of hydrogen-bond donors (Lipinski definition) is 1. The van der Waals surface area contributed by atoms with Gasteiger partial charge in [-0.05, 0) is 56.9 Å².